The van der Waals surface area contributed by atoms with Crippen molar-refractivity contribution in [2.75, 3.05) is 13.1 Å². The Labute approximate surface area is 180 Å². The molecule has 8 heteroatoms. The first-order chi connectivity index (χ1) is 15.2. The number of aromatic nitrogens is 2. The van der Waals surface area contributed by atoms with Gasteiger partial charge < -0.3 is 19.5 Å². The predicted molar refractivity (Wildman–Crippen MR) is 111 cm³/mol. The molecule has 1 aromatic heterocycles. The van der Waals surface area contributed by atoms with Gasteiger partial charge in [-0.2, -0.15) is 4.98 Å². The van der Waals surface area contributed by atoms with Gasteiger partial charge in [-0.25, -0.2) is 9.18 Å². The largest absolute Gasteiger partial charge is 0.367 e. The van der Waals surface area contributed by atoms with Crippen LogP contribution in [0.4, 0.5) is 9.18 Å². The molecule has 1 N–H and O–H groups in total. The summed E-state index contributed by atoms with van der Waals surface area (Å²) in [6, 6.07) is 15.9. The van der Waals surface area contributed by atoms with Crippen LogP contribution in [-0.4, -0.2) is 34.2 Å². The van der Waals surface area contributed by atoms with Crippen molar-refractivity contribution >= 4 is 6.03 Å². The molecular weight excluding hydrogens is 399 g/mol. The molecule has 0 saturated carbocycles. The molecule has 1 aliphatic rings. The fraction of sp³-hybridized carbons (Fsp3) is 0.348. The van der Waals surface area contributed by atoms with Crippen LogP contribution in [0.2, 0.25) is 0 Å². The van der Waals surface area contributed by atoms with Gasteiger partial charge in [-0.1, -0.05) is 47.6 Å². The van der Waals surface area contributed by atoms with Crippen LogP contribution in [0.25, 0.3) is 0 Å². The van der Waals surface area contributed by atoms with Gasteiger partial charge in [-0.15, -0.1) is 0 Å². The number of piperidine rings is 1. The lowest BCUT2D eigenvalue weighted by Gasteiger charge is -2.30. The number of likely N-dealkylation sites (tertiary alicyclic amines) is 1. The molecule has 0 spiro atoms. The van der Waals surface area contributed by atoms with E-state index >= 15 is 0 Å². The van der Waals surface area contributed by atoms with Gasteiger partial charge in [0.15, 0.2) is 5.82 Å². The molecule has 0 radical (unpaired) electrons. The van der Waals surface area contributed by atoms with Crippen LogP contribution >= 0.6 is 0 Å². The third kappa shape index (κ3) is 5.88. The van der Waals surface area contributed by atoms with E-state index in [1.165, 1.54) is 12.1 Å². The van der Waals surface area contributed by atoms with Gasteiger partial charge in [0, 0.05) is 25.6 Å². The van der Waals surface area contributed by atoms with Crippen molar-refractivity contribution in [2.24, 2.45) is 0 Å². The molecule has 1 aliphatic heterocycles. The SMILES string of the molecule is O=C(NCc1ccc(F)cc1)N1CCC(c2noc(COCc3ccccc3)n2)CC1. The zero-order chi connectivity index (χ0) is 21.5. The monoisotopic (exact) mass is 424 g/mol. The molecule has 1 saturated heterocycles. The molecule has 7 nitrogen and oxygen atoms in total. The first-order valence-corrected chi connectivity index (χ1v) is 10.4. The molecule has 0 aliphatic carbocycles. The Bertz CT molecular complexity index is 970. The van der Waals surface area contributed by atoms with E-state index in [4.69, 9.17) is 9.26 Å². The smallest absolute Gasteiger partial charge is 0.317 e. The first kappa shape index (κ1) is 21.0. The summed E-state index contributed by atoms with van der Waals surface area (Å²) in [6.45, 7) is 2.37. The number of carbonyl (C=O) groups is 1. The number of urea groups is 1. The Morgan fingerprint density at radius 3 is 2.55 bits per heavy atom. The number of halogens is 1. The molecule has 3 aromatic rings. The maximum absolute atomic E-state index is 13.0. The molecule has 162 valence electrons. The van der Waals surface area contributed by atoms with Gasteiger partial charge >= 0.3 is 6.03 Å². The normalized spacial score (nSPS) is 14.5. The minimum absolute atomic E-state index is 0.120. The van der Waals surface area contributed by atoms with Gasteiger partial charge in [-0.05, 0) is 36.1 Å². The number of rotatable bonds is 7. The standard InChI is InChI=1S/C23H25FN4O3/c24-20-8-6-17(7-9-20)14-25-23(29)28-12-10-19(11-13-28)22-26-21(31-27-22)16-30-15-18-4-2-1-3-5-18/h1-9,19H,10-16H2,(H,25,29). The Hall–Kier alpha value is -3.26. The summed E-state index contributed by atoms with van der Waals surface area (Å²) < 4.78 is 23.9. The Morgan fingerprint density at radius 1 is 1.06 bits per heavy atom. The summed E-state index contributed by atoms with van der Waals surface area (Å²) in [5.74, 6) is 1.01. The molecule has 0 atom stereocenters. The fourth-order valence-electron chi connectivity index (χ4n) is 3.56. The first-order valence-electron chi connectivity index (χ1n) is 10.4. The third-order valence-corrected chi connectivity index (χ3v) is 5.33. The molecule has 2 heterocycles. The number of ether oxygens (including phenoxy) is 1. The van der Waals surface area contributed by atoms with E-state index in [-0.39, 0.29) is 24.4 Å². The van der Waals surface area contributed by atoms with Gasteiger partial charge in [0.25, 0.3) is 5.89 Å². The van der Waals surface area contributed by atoms with E-state index in [1.54, 1.807) is 17.0 Å². The molecule has 1 fully saturated rings. The van der Waals surface area contributed by atoms with Crippen molar-refractivity contribution in [1.29, 1.82) is 0 Å². The Morgan fingerprint density at radius 2 is 1.81 bits per heavy atom. The minimum atomic E-state index is -0.287. The summed E-state index contributed by atoms with van der Waals surface area (Å²) in [7, 11) is 0. The molecule has 31 heavy (non-hydrogen) atoms. The zero-order valence-electron chi connectivity index (χ0n) is 17.2. The number of hydrogen-bond acceptors (Lipinski definition) is 5. The number of hydrogen-bond donors (Lipinski definition) is 1. The van der Waals surface area contributed by atoms with Gasteiger partial charge in [0.05, 0.1) is 6.61 Å². The van der Waals surface area contributed by atoms with Crippen LogP contribution in [0.1, 0.15) is 41.6 Å². The van der Waals surface area contributed by atoms with E-state index in [0.29, 0.717) is 38.0 Å². The maximum atomic E-state index is 13.0. The summed E-state index contributed by atoms with van der Waals surface area (Å²) in [5, 5.41) is 6.98. The summed E-state index contributed by atoms with van der Waals surface area (Å²) in [6.07, 6.45) is 1.54. The highest BCUT2D eigenvalue weighted by Crippen LogP contribution is 2.26. The van der Waals surface area contributed by atoms with E-state index < -0.39 is 0 Å². The topological polar surface area (TPSA) is 80.5 Å². The molecular formula is C23H25FN4O3. The predicted octanol–water partition coefficient (Wildman–Crippen LogP) is 4.01. The van der Waals surface area contributed by atoms with Crippen molar-refractivity contribution in [2.45, 2.75) is 38.5 Å². The average Bonchev–Trinajstić information content (AvgIpc) is 3.28. The fourth-order valence-corrected chi connectivity index (χ4v) is 3.56. The van der Waals surface area contributed by atoms with E-state index in [9.17, 15) is 9.18 Å². The Kier molecular flexibility index (Phi) is 6.89. The van der Waals surface area contributed by atoms with Crippen molar-refractivity contribution < 1.29 is 18.4 Å². The Balaban J connectivity index is 1.19. The molecule has 2 amide bonds. The van der Waals surface area contributed by atoms with Crippen LogP contribution in [0.3, 0.4) is 0 Å². The maximum Gasteiger partial charge on any atom is 0.317 e. The number of amides is 2. The van der Waals surface area contributed by atoms with Gasteiger partial charge in [0.2, 0.25) is 0 Å². The number of carbonyl (C=O) groups excluding carboxylic acids is 1. The van der Waals surface area contributed by atoms with Crippen LogP contribution < -0.4 is 5.32 Å². The quantitative estimate of drug-likeness (QED) is 0.620. The average molecular weight is 424 g/mol. The van der Waals surface area contributed by atoms with E-state index in [2.05, 4.69) is 15.5 Å². The summed E-state index contributed by atoms with van der Waals surface area (Å²) >= 11 is 0. The number of benzene rings is 2. The van der Waals surface area contributed by atoms with Crippen LogP contribution in [0, 0.1) is 5.82 Å². The van der Waals surface area contributed by atoms with Crippen molar-refractivity contribution in [1.82, 2.24) is 20.4 Å². The highest BCUT2D eigenvalue weighted by atomic mass is 19.1. The van der Waals surface area contributed by atoms with E-state index in [1.807, 2.05) is 30.3 Å². The second-order valence-electron chi connectivity index (χ2n) is 7.57. The van der Waals surface area contributed by atoms with Crippen molar-refractivity contribution in [3.05, 3.63) is 83.3 Å². The molecule has 2 aromatic carbocycles. The molecule has 0 unspecified atom stereocenters. The lowest BCUT2D eigenvalue weighted by molar-refractivity contribution is 0.0850. The second kappa shape index (κ2) is 10.2. The third-order valence-electron chi connectivity index (χ3n) is 5.33. The zero-order valence-corrected chi connectivity index (χ0v) is 17.2. The highest BCUT2D eigenvalue weighted by Gasteiger charge is 2.27. The van der Waals surface area contributed by atoms with Crippen molar-refractivity contribution in [3.8, 4) is 0 Å². The number of nitrogens with zero attached hydrogens (tertiary/aromatic N) is 3. The second-order valence-corrected chi connectivity index (χ2v) is 7.57. The number of nitrogens with one attached hydrogen (secondary N) is 1. The summed E-state index contributed by atoms with van der Waals surface area (Å²) in [4.78, 5) is 18.6. The van der Waals surface area contributed by atoms with Crippen molar-refractivity contribution in [3.63, 3.8) is 0 Å². The van der Waals surface area contributed by atoms with Crippen LogP contribution in [-0.2, 0) is 24.5 Å². The van der Waals surface area contributed by atoms with Crippen LogP contribution in [0.15, 0.2) is 59.1 Å². The summed E-state index contributed by atoms with van der Waals surface area (Å²) in [5.41, 5.74) is 1.95. The van der Waals surface area contributed by atoms with Crippen LogP contribution in [0.5, 0.6) is 0 Å². The minimum Gasteiger partial charge on any atom is -0.367 e. The van der Waals surface area contributed by atoms with Gasteiger partial charge in [-0.3, -0.25) is 0 Å². The van der Waals surface area contributed by atoms with E-state index in [0.717, 1.165) is 24.0 Å². The van der Waals surface area contributed by atoms with Gasteiger partial charge in [0.1, 0.15) is 12.4 Å². The lowest BCUT2D eigenvalue weighted by Crippen LogP contribution is -2.43. The molecule has 4 rings (SSSR count). The lowest BCUT2D eigenvalue weighted by atomic mass is 9.96. The highest BCUT2D eigenvalue weighted by molar-refractivity contribution is 5.74. The molecule has 0 bridgehead atoms.